The van der Waals surface area contributed by atoms with Crippen molar-refractivity contribution in [3.05, 3.63) is 75.7 Å². The summed E-state index contributed by atoms with van der Waals surface area (Å²) in [6.07, 6.45) is 3.06. The number of aromatic nitrogens is 4. The Hall–Kier alpha value is -3.16. The zero-order chi connectivity index (χ0) is 20.5. The first-order valence-electron chi connectivity index (χ1n) is 8.72. The summed E-state index contributed by atoms with van der Waals surface area (Å²) >= 11 is 12.0. The van der Waals surface area contributed by atoms with Crippen molar-refractivity contribution in [3.8, 4) is 5.69 Å². The third-order valence-corrected chi connectivity index (χ3v) is 5.12. The van der Waals surface area contributed by atoms with E-state index in [2.05, 4.69) is 32.8 Å². The van der Waals surface area contributed by atoms with Gasteiger partial charge >= 0.3 is 0 Å². The van der Waals surface area contributed by atoms with Crippen LogP contribution in [0.5, 0.6) is 0 Å². The van der Waals surface area contributed by atoms with Crippen molar-refractivity contribution in [3.63, 3.8) is 0 Å². The van der Waals surface area contributed by atoms with Crippen LogP contribution < -0.4 is 10.9 Å². The monoisotopic (exact) mass is 426 g/mol. The lowest BCUT2D eigenvalue weighted by Gasteiger charge is -2.10. The van der Waals surface area contributed by atoms with Crippen LogP contribution in [0, 0.1) is 13.8 Å². The first kappa shape index (κ1) is 19.2. The van der Waals surface area contributed by atoms with E-state index in [1.165, 1.54) is 18.0 Å². The highest BCUT2D eigenvalue weighted by atomic mass is 35.5. The molecule has 0 saturated heterocycles. The van der Waals surface area contributed by atoms with Crippen LogP contribution in [0.1, 0.15) is 21.5 Å². The second-order valence-corrected chi connectivity index (χ2v) is 7.33. The zero-order valence-corrected chi connectivity index (χ0v) is 17.1. The lowest BCUT2D eigenvalue weighted by Crippen LogP contribution is -2.30. The van der Waals surface area contributed by atoms with Gasteiger partial charge in [0.15, 0.2) is 11.5 Å². The number of fused-ring (bicyclic) bond motifs is 1. The molecule has 0 radical (unpaired) electrons. The lowest BCUT2D eigenvalue weighted by molar-refractivity contribution is 0.0962. The lowest BCUT2D eigenvalue weighted by atomic mass is 10.1. The van der Waals surface area contributed by atoms with Crippen LogP contribution in [0.15, 0.2) is 48.9 Å². The fraction of sp³-hybridized carbons (Fsp3) is 0.100. The van der Waals surface area contributed by atoms with Gasteiger partial charge in [0, 0.05) is 5.02 Å². The molecule has 2 heterocycles. The highest BCUT2D eigenvalue weighted by molar-refractivity contribution is 6.36. The Morgan fingerprint density at radius 2 is 1.86 bits per heavy atom. The number of rotatable bonds is 4. The van der Waals surface area contributed by atoms with E-state index < -0.39 is 5.91 Å². The topological polar surface area (TPSA) is 84.7 Å². The van der Waals surface area contributed by atoms with Gasteiger partial charge in [0.25, 0.3) is 5.91 Å². The van der Waals surface area contributed by atoms with Crippen LogP contribution in [0.4, 0.5) is 5.82 Å². The number of hydrogen-bond acceptors (Lipinski definition) is 5. The van der Waals surface area contributed by atoms with Crippen molar-refractivity contribution in [2.75, 3.05) is 5.43 Å². The number of hydrogen-bond donors (Lipinski definition) is 2. The maximum Gasteiger partial charge on any atom is 0.271 e. The van der Waals surface area contributed by atoms with Crippen LogP contribution in [0.25, 0.3) is 16.7 Å². The van der Waals surface area contributed by atoms with Gasteiger partial charge in [-0.3, -0.25) is 15.6 Å². The predicted molar refractivity (Wildman–Crippen MR) is 114 cm³/mol. The molecule has 4 rings (SSSR count). The van der Waals surface area contributed by atoms with Gasteiger partial charge in [0.1, 0.15) is 6.33 Å². The molecule has 0 spiro atoms. The normalized spacial score (nSPS) is 10.9. The zero-order valence-electron chi connectivity index (χ0n) is 15.6. The van der Waals surface area contributed by atoms with E-state index in [-0.39, 0.29) is 5.02 Å². The Balaban J connectivity index is 1.61. The molecule has 0 saturated carbocycles. The van der Waals surface area contributed by atoms with Crippen molar-refractivity contribution in [1.29, 1.82) is 0 Å². The molecule has 2 aromatic heterocycles. The fourth-order valence-corrected chi connectivity index (χ4v) is 3.34. The summed E-state index contributed by atoms with van der Waals surface area (Å²) in [7, 11) is 0. The van der Waals surface area contributed by atoms with Gasteiger partial charge in [-0.05, 0) is 55.3 Å². The van der Waals surface area contributed by atoms with E-state index >= 15 is 0 Å². The van der Waals surface area contributed by atoms with Crippen LogP contribution in [0.3, 0.4) is 0 Å². The van der Waals surface area contributed by atoms with Crippen LogP contribution >= 0.6 is 23.2 Å². The van der Waals surface area contributed by atoms with Crippen LogP contribution in [0.2, 0.25) is 10.0 Å². The molecule has 146 valence electrons. The van der Waals surface area contributed by atoms with Gasteiger partial charge in [0.05, 0.1) is 27.9 Å². The highest BCUT2D eigenvalue weighted by Gasteiger charge is 2.14. The number of nitrogens with one attached hydrogen (secondary N) is 2. The molecule has 0 aliphatic carbocycles. The number of aryl methyl sites for hydroxylation is 2. The van der Waals surface area contributed by atoms with Gasteiger partial charge in [-0.25, -0.2) is 14.6 Å². The SMILES string of the molecule is Cc1ccc(-n2ncc3c(NNC(=O)c4ccc(Cl)cc4Cl)ncnc32)cc1C. The summed E-state index contributed by atoms with van der Waals surface area (Å²) in [5.74, 6) is 0.00324. The third kappa shape index (κ3) is 3.74. The first-order valence-corrected chi connectivity index (χ1v) is 9.47. The smallest absolute Gasteiger partial charge is 0.271 e. The Bertz CT molecular complexity index is 1240. The Kier molecular flexibility index (Phi) is 5.08. The Labute approximate surface area is 176 Å². The van der Waals surface area contributed by atoms with Gasteiger partial charge in [-0.1, -0.05) is 29.3 Å². The highest BCUT2D eigenvalue weighted by Crippen LogP contribution is 2.23. The van der Waals surface area contributed by atoms with Gasteiger partial charge < -0.3 is 0 Å². The van der Waals surface area contributed by atoms with Crippen LogP contribution in [-0.2, 0) is 0 Å². The van der Waals surface area contributed by atoms with Gasteiger partial charge in [-0.15, -0.1) is 0 Å². The second kappa shape index (κ2) is 7.69. The standard InChI is InChI=1S/C20H16Cl2N6O/c1-11-3-5-14(7-12(11)2)28-19-16(9-25-28)18(23-10-24-19)26-27-20(29)15-6-4-13(21)8-17(15)22/h3-10H,1-2H3,(H,27,29)(H,23,24,26). The molecule has 2 aromatic carbocycles. The van der Waals surface area contributed by atoms with Crippen molar-refractivity contribution in [2.45, 2.75) is 13.8 Å². The van der Waals surface area contributed by atoms with Gasteiger partial charge in [-0.2, -0.15) is 5.10 Å². The molecule has 29 heavy (non-hydrogen) atoms. The van der Waals surface area contributed by atoms with Crippen LogP contribution in [-0.4, -0.2) is 25.7 Å². The maximum atomic E-state index is 12.4. The molecule has 0 bridgehead atoms. The van der Waals surface area contributed by atoms with Crippen molar-refractivity contribution in [2.24, 2.45) is 0 Å². The number of nitrogens with zero attached hydrogens (tertiary/aromatic N) is 4. The molecule has 0 unspecified atom stereocenters. The Morgan fingerprint density at radius 1 is 1.03 bits per heavy atom. The molecule has 1 amide bonds. The minimum atomic E-state index is -0.417. The van der Waals surface area contributed by atoms with E-state index in [0.717, 1.165) is 11.3 Å². The van der Waals surface area contributed by atoms with E-state index in [0.29, 0.717) is 27.4 Å². The number of halogens is 2. The first-order chi connectivity index (χ1) is 13.9. The molecule has 0 aliphatic rings. The quantitative estimate of drug-likeness (QED) is 0.469. The van der Waals surface area contributed by atoms with E-state index in [1.54, 1.807) is 23.0 Å². The molecule has 9 heteroatoms. The summed E-state index contributed by atoms with van der Waals surface area (Å²) in [6.45, 7) is 4.10. The van der Waals surface area contributed by atoms with Crippen molar-refractivity contribution >= 4 is 46.0 Å². The molecule has 2 N–H and O–H groups in total. The average molecular weight is 427 g/mol. The van der Waals surface area contributed by atoms with Gasteiger partial charge in [0.2, 0.25) is 0 Å². The number of anilines is 1. The summed E-state index contributed by atoms with van der Waals surface area (Å²) < 4.78 is 1.73. The largest absolute Gasteiger partial charge is 0.281 e. The average Bonchev–Trinajstić information content (AvgIpc) is 3.13. The molecular weight excluding hydrogens is 411 g/mol. The minimum Gasteiger partial charge on any atom is -0.281 e. The molecule has 4 aromatic rings. The molecule has 7 nitrogen and oxygen atoms in total. The van der Waals surface area contributed by atoms with Crippen molar-refractivity contribution < 1.29 is 4.79 Å². The second-order valence-electron chi connectivity index (χ2n) is 6.49. The minimum absolute atomic E-state index is 0.257. The summed E-state index contributed by atoms with van der Waals surface area (Å²) in [6, 6.07) is 10.7. The number of benzene rings is 2. The van der Waals surface area contributed by atoms with E-state index in [1.807, 2.05) is 25.1 Å². The van der Waals surface area contributed by atoms with E-state index in [9.17, 15) is 4.79 Å². The number of amides is 1. The summed E-state index contributed by atoms with van der Waals surface area (Å²) in [5.41, 5.74) is 9.56. The van der Waals surface area contributed by atoms with E-state index in [4.69, 9.17) is 23.2 Å². The number of hydrazine groups is 1. The molecular formula is C20H16Cl2N6O. The Morgan fingerprint density at radius 3 is 2.62 bits per heavy atom. The number of carbonyl (C=O) groups excluding carboxylic acids is 1. The fourth-order valence-electron chi connectivity index (χ4n) is 2.85. The summed E-state index contributed by atoms with van der Waals surface area (Å²) in [5, 5.41) is 5.80. The number of carbonyl (C=O) groups is 1. The molecule has 0 aliphatic heterocycles. The predicted octanol–water partition coefficient (Wildman–Crippen LogP) is 4.50. The maximum absolute atomic E-state index is 12.4. The molecule has 0 atom stereocenters. The third-order valence-electron chi connectivity index (χ3n) is 4.57. The summed E-state index contributed by atoms with van der Waals surface area (Å²) in [4.78, 5) is 21.0. The van der Waals surface area contributed by atoms with Crippen molar-refractivity contribution in [1.82, 2.24) is 25.2 Å². The molecule has 0 fully saturated rings.